The Morgan fingerprint density at radius 2 is 2.11 bits per heavy atom. The van der Waals surface area contributed by atoms with Gasteiger partial charge in [-0.2, -0.15) is 14.9 Å². The van der Waals surface area contributed by atoms with Crippen molar-refractivity contribution in [1.29, 1.82) is 0 Å². The molecular weight excluding hydrogens is 409 g/mol. The van der Waals surface area contributed by atoms with Crippen LogP contribution in [0.1, 0.15) is 22.8 Å². The minimum Gasteiger partial charge on any atom is -0.258 e. The van der Waals surface area contributed by atoms with Crippen LogP contribution in [0, 0.1) is 36.7 Å². The smallest absolute Gasteiger partial charge is 0.258 e. The Morgan fingerprint density at radius 3 is 2.75 bits per heavy atom. The van der Waals surface area contributed by atoms with Gasteiger partial charge in [-0.15, -0.1) is 10.2 Å². The fraction of sp³-hybridized carbons (Fsp3) is 0.250. The highest BCUT2D eigenvalue weighted by Gasteiger charge is 2.22. The molecule has 0 saturated heterocycles. The molecule has 0 radical (unpaired) electrons. The summed E-state index contributed by atoms with van der Waals surface area (Å²) in [5.74, 6) is 0.269. The fourth-order valence-electron chi connectivity index (χ4n) is 2.51. The lowest BCUT2D eigenvalue weighted by Gasteiger charge is -2.04. The maximum atomic E-state index is 13.9. The van der Waals surface area contributed by atoms with Crippen LogP contribution >= 0.6 is 23.4 Å². The number of nitro groups is 1. The van der Waals surface area contributed by atoms with Gasteiger partial charge in [-0.1, -0.05) is 29.4 Å². The van der Waals surface area contributed by atoms with E-state index >= 15 is 0 Å². The minimum absolute atomic E-state index is 0.00883. The minimum atomic E-state index is -0.494. The molecule has 9 nitrogen and oxygen atoms in total. The fourth-order valence-corrected chi connectivity index (χ4v) is 3.61. The second kappa shape index (κ2) is 8.07. The lowest BCUT2D eigenvalue weighted by molar-refractivity contribution is -0.386. The van der Waals surface area contributed by atoms with Crippen molar-refractivity contribution in [3.05, 3.63) is 61.9 Å². The van der Waals surface area contributed by atoms with E-state index in [0.29, 0.717) is 22.4 Å². The molecule has 2 aromatic heterocycles. The van der Waals surface area contributed by atoms with Crippen molar-refractivity contribution in [2.24, 2.45) is 5.10 Å². The van der Waals surface area contributed by atoms with Gasteiger partial charge in [0.15, 0.2) is 5.82 Å². The van der Waals surface area contributed by atoms with E-state index in [9.17, 15) is 14.5 Å². The third-order valence-electron chi connectivity index (χ3n) is 3.91. The van der Waals surface area contributed by atoms with Crippen molar-refractivity contribution in [1.82, 2.24) is 24.7 Å². The van der Waals surface area contributed by atoms with Crippen LogP contribution in [-0.2, 0) is 5.88 Å². The summed E-state index contributed by atoms with van der Waals surface area (Å²) in [7, 11) is 0. The number of aromatic nitrogens is 5. The zero-order valence-electron chi connectivity index (χ0n) is 15.1. The zero-order chi connectivity index (χ0) is 20.4. The summed E-state index contributed by atoms with van der Waals surface area (Å²) in [4.78, 5) is 10.7. The van der Waals surface area contributed by atoms with Gasteiger partial charge in [0.1, 0.15) is 17.2 Å². The molecule has 0 fully saturated rings. The van der Waals surface area contributed by atoms with Gasteiger partial charge in [0.25, 0.3) is 0 Å². The standard InChI is InChI=1S/C16H15ClFN7O2S/c1-9-15(25(26)27)10(2)23(22-9)8-28-16-21-20-11(3)24(16)19-7-12-13(17)5-4-6-14(12)18/h4-7H,8H2,1-3H3. The van der Waals surface area contributed by atoms with Gasteiger partial charge >= 0.3 is 5.69 Å². The van der Waals surface area contributed by atoms with Crippen LogP contribution in [0.2, 0.25) is 5.02 Å². The number of aryl methyl sites for hydroxylation is 2. The highest BCUT2D eigenvalue weighted by molar-refractivity contribution is 7.98. The molecule has 0 aliphatic rings. The topological polar surface area (TPSA) is 104 Å². The van der Waals surface area contributed by atoms with Crippen molar-refractivity contribution in [2.45, 2.75) is 31.8 Å². The van der Waals surface area contributed by atoms with Gasteiger partial charge in [-0.3, -0.25) is 14.8 Å². The summed E-state index contributed by atoms with van der Waals surface area (Å²) < 4.78 is 16.9. The third-order valence-corrected chi connectivity index (χ3v) is 5.13. The van der Waals surface area contributed by atoms with Crippen molar-refractivity contribution >= 4 is 35.3 Å². The van der Waals surface area contributed by atoms with Crippen LogP contribution in [0.5, 0.6) is 0 Å². The predicted molar refractivity (Wildman–Crippen MR) is 103 cm³/mol. The molecule has 0 saturated carbocycles. The Hall–Kier alpha value is -2.79. The maximum Gasteiger partial charge on any atom is 0.312 e. The summed E-state index contributed by atoms with van der Waals surface area (Å²) >= 11 is 7.25. The summed E-state index contributed by atoms with van der Waals surface area (Å²) in [6, 6.07) is 4.36. The normalized spacial score (nSPS) is 11.5. The van der Waals surface area contributed by atoms with E-state index in [-0.39, 0.29) is 22.2 Å². The largest absolute Gasteiger partial charge is 0.312 e. The molecule has 0 spiro atoms. The highest BCUT2D eigenvalue weighted by atomic mass is 35.5. The van der Waals surface area contributed by atoms with Gasteiger partial charge in [0, 0.05) is 5.56 Å². The lowest BCUT2D eigenvalue weighted by atomic mass is 10.2. The second-order valence-corrected chi connectivity index (χ2v) is 7.09. The Bertz CT molecular complexity index is 1060. The first kappa shape index (κ1) is 20.0. The van der Waals surface area contributed by atoms with E-state index in [1.54, 1.807) is 26.8 Å². The van der Waals surface area contributed by atoms with Crippen molar-refractivity contribution in [2.75, 3.05) is 0 Å². The van der Waals surface area contributed by atoms with Crippen LogP contribution in [0.25, 0.3) is 0 Å². The number of nitrogens with zero attached hydrogens (tertiary/aromatic N) is 7. The van der Waals surface area contributed by atoms with Gasteiger partial charge in [-0.25, -0.2) is 4.39 Å². The van der Waals surface area contributed by atoms with Gasteiger partial charge in [-0.05, 0) is 32.9 Å². The Morgan fingerprint density at radius 1 is 1.36 bits per heavy atom. The van der Waals surface area contributed by atoms with E-state index in [1.165, 1.54) is 39.5 Å². The molecule has 28 heavy (non-hydrogen) atoms. The van der Waals surface area contributed by atoms with Gasteiger partial charge in [0.2, 0.25) is 5.16 Å². The van der Waals surface area contributed by atoms with Crippen LogP contribution in [0.3, 0.4) is 0 Å². The molecule has 3 rings (SSSR count). The molecule has 0 aliphatic carbocycles. The maximum absolute atomic E-state index is 13.9. The van der Waals surface area contributed by atoms with E-state index < -0.39 is 10.7 Å². The number of benzene rings is 1. The van der Waals surface area contributed by atoms with Crippen LogP contribution in [0.4, 0.5) is 10.1 Å². The van der Waals surface area contributed by atoms with E-state index in [4.69, 9.17) is 11.6 Å². The number of hydrogen-bond donors (Lipinski definition) is 0. The molecule has 146 valence electrons. The first-order valence-electron chi connectivity index (χ1n) is 8.01. The molecule has 0 N–H and O–H groups in total. The van der Waals surface area contributed by atoms with E-state index in [1.807, 2.05) is 0 Å². The van der Waals surface area contributed by atoms with E-state index in [2.05, 4.69) is 20.4 Å². The summed E-state index contributed by atoms with van der Waals surface area (Å²) in [5.41, 5.74) is 0.931. The van der Waals surface area contributed by atoms with Crippen LogP contribution in [-0.4, -0.2) is 35.8 Å². The first-order chi connectivity index (χ1) is 13.3. The third kappa shape index (κ3) is 3.90. The average Bonchev–Trinajstić information content (AvgIpc) is 3.11. The van der Waals surface area contributed by atoms with Crippen molar-refractivity contribution in [3.63, 3.8) is 0 Å². The molecule has 12 heteroatoms. The van der Waals surface area contributed by atoms with Crippen molar-refractivity contribution in [3.8, 4) is 0 Å². The second-order valence-electron chi connectivity index (χ2n) is 5.77. The summed E-state index contributed by atoms with van der Waals surface area (Å²) in [6.07, 6.45) is 1.30. The average molecular weight is 424 g/mol. The Balaban J connectivity index is 1.83. The molecule has 0 amide bonds. The number of halogens is 2. The van der Waals surface area contributed by atoms with Crippen molar-refractivity contribution < 1.29 is 9.31 Å². The predicted octanol–water partition coefficient (Wildman–Crippen LogP) is 3.73. The highest BCUT2D eigenvalue weighted by Crippen LogP contribution is 2.26. The number of rotatable bonds is 6. The molecule has 0 bridgehead atoms. The molecule has 0 atom stereocenters. The van der Waals surface area contributed by atoms with E-state index in [0.717, 1.165) is 0 Å². The summed E-state index contributed by atoms with van der Waals surface area (Å²) in [5, 5.41) is 28.2. The Kier molecular flexibility index (Phi) is 5.75. The molecular formula is C16H15ClFN7O2S. The first-order valence-corrected chi connectivity index (χ1v) is 9.37. The van der Waals surface area contributed by atoms with Gasteiger partial charge in [0.05, 0.1) is 22.0 Å². The quantitative estimate of drug-likeness (QED) is 0.259. The van der Waals surface area contributed by atoms with Gasteiger partial charge < -0.3 is 0 Å². The molecule has 3 aromatic rings. The SMILES string of the molecule is Cc1nn(CSc2nnc(C)n2N=Cc2c(F)cccc2Cl)c(C)c1[N+](=O)[O-]. The Labute approximate surface area is 168 Å². The summed E-state index contributed by atoms with van der Waals surface area (Å²) in [6.45, 7) is 4.92. The molecule has 0 unspecified atom stereocenters. The number of hydrogen-bond acceptors (Lipinski definition) is 7. The lowest BCUT2D eigenvalue weighted by Crippen LogP contribution is -2.03. The van der Waals surface area contributed by atoms with Crippen LogP contribution in [0.15, 0.2) is 28.5 Å². The monoisotopic (exact) mass is 423 g/mol. The molecule has 0 aliphatic heterocycles. The number of thioether (sulfide) groups is 1. The zero-order valence-corrected chi connectivity index (χ0v) is 16.7. The van der Waals surface area contributed by atoms with Crippen LogP contribution < -0.4 is 0 Å². The molecule has 2 heterocycles. The molecule has 1 aromatic carbocycles.